The van der Waals surface area contributed by atoms with Gasteiger partial charge in [0.25, 0.3) is 0 Å². The third kappa shape index (κ3) is 9.99. The van der Waals surface area contributed by atoms with Crippen LogP contribution in [-0.2, 0) is 39.8 Å². The van der Waals surface area contributed by atoms with Gasteiger partial charge in [0, 0.05) is 11.1 Å². The minimum absolute atomic E-state index is 0.147. The second kappa shape index (κ2) is 15.7. The number of hydrogen-bond acceptors (Lipinski definition) is 8. The van der Waals surface area contributed by atoms with Crippen LogP contribution in [0.3, 0.4) is 0 Å². The van der Waals surface area contributed by atoms with Gasteiger partial charge in [0.2, 0.25) is 0 Å². The van der Waals surface area contributed by atoms with Crippen LogP contribution >= 0.6 is 0 Å². The number of ether oxygens (including phenoxy) is 8. The van der Waals surface area contributed by atoms with Crippen LogP contribution in [0.1, 0.15) is 29.2 Å². The van der Waals surface area contributed by atoms with Crippen LogP contribution in [0.4, 0.5) is 0 Å². The lowest BCUT2D eigenvalue weighted by Gasteiger charge is -2.13. The van der Waals surface area contributed by atoms with Crippen molar-refractivity contribution in [3.05, 3.63) is 94.1 Å². The molecule has 238 valence electrons. The lowest BCUT2D eigenvalue weighted by atomic mass is 9.97. The van der Waals surface area contributed by atoms with Crippen LogP contribution in [0.25, 0.3) is 29.9 Å². The molecule has 0 N–H and O–H groups in total. The summed E-state index contributed by atoms with van der Waals surface area (Å²) in [5.41, 5.74) is 4.97. The zero-order chi connectivity index (χ0) is 30.8. The van der Waals surface area contributed by atoms with Gasteiger partial charge in [0.15, 0.2) is 0 Å². The van der Waals surface area contributed by atoms with Crippen LogP contribution < -0.4 is 15.2 Å². The number of benzene rings is 2. The minimum Gasteiger partial charge on any atom is -0.498 e. The van der Waals surface area contributed by atoms with Gasteiger partial charge in [0.1, 0.15) is 43.4 Å². The normalized spacial score (nSPS) is 24.4. The summed E-state index contributed by atoms with van der Waals surface area (Å²) in [4.78, 5) is 0. The Morgan fingerprint density at radius 1 is 0.889 bits per heavy atom. The standard InChI is InChI=1S/C37H42O8/c1-3-27-15-26(16-39-19-31-22-42-31)8-11-35(27)29(17-40-20-32-23-43-32)9-12-36-34(4-2)28(7-5-6-14-38-18-30-21-41-30)10-13-37(36)45-25-33-24-44-33/h3-13,15,17,30-33H,1,14,16,18-25H2,2H3. The van der Waals surface area contributed by atoms with E-state index in [2.05, 4.69) is 55.1 Å². The van der Waals surface area contributed by atoms with Crippen molar-refractivity contribution in [3.8, 4) is 5.75 Å². The molecule has 0 radical (unpaired) electrons. The van der Waals surface area contributed by atoms with Gasteiger partial charge in [-0.05, 0) is 52.3 Å². The molecule has 0 bridgehead atoms. The van der Waals surface area contributed by atoms with Gasteiger partial charge < -0.3 is 37.9 Å². The summed E-state index contributed by atoms with van der Waals surface area (Å²) in [5, 5.41) is 2.15. The van der Waals surface area contributed by atoms with Gasteiger partial charge in [-0.3, -0.25) is 0 Å². The average molecular weight is 615 g/mol. The van der Waals surface area contributed by atoms with Gasteiger partial charge in [0.05, 0.1) is 59.1 Å². The molecule has 0 aliphatic carbocycles. The summed E-state index contributed by atoms with van der Waals surface area (Å²) in [6.45, 7) is 12.5. The molecule has 0 saturated carbocycles. The van der Waals surface area contributed by atoms with Crippen molar-refractivity contribution in [2.45, 2.75) is 37.9 Å². The quantitative estimate of drug-likeness (QED) is 0.101. The molecule has 2 aromatic rings. The summed E-state index contributed by atoms with van der Waals surface area (Å²) >= 11 is 0. The lowest BCUT2D eigenvalue weighted by Crippen LogP contribution is -2.27. The van der Waals surface area contributed by atoms with Gasteiger partial charge in [-0.2, -0.15) is 0 Å². The van der Waals surface area contributed by atoms with Crippen molar-refractivity contribution >= 4 is 29.9 Å². The molecular formula is C37H42O8. The first-order valence-electron chi connectivity index (χ1n) is 15.7. The first-order chi connectivity index (χ1) is 22.2. The molecule has 4 aliphatic heterocycles. The maximum Gasteiger partial charge on any atom is 0.127 e. The smallest absolute Gasteiger partial charge is 0.127 e. The number of hydrogen-bond donors (Lipinski definition) is 0. The third-order valence-electron chi connectivity index (χ3n) is 7.67. The first kappa shape index (κ1) is 31.5. The molecule has 4 aliphatic rings. The number of allylic oxidation sites excluding steroid dienone is 3. The number of rotatable bonds is 19. The molecule has 8 nitrogen and oxygen atoms in total. The Bertz CT molecular complexity index is 1520. The molecule has 4 fully saturated rings. The van der Waals surface area contributed by atoms with E-state index in [0.717, 1.165) is 70.4 Å². The number of epoxide rings is 4. The zero-order valence-corrected chi connectivity index (χ0v) is 25.9. The average Bonchev–Trinajstić information content (AvgIpc) is 3.88. The van der Waals surface area contributed by atoms with Gasteiger partial charge in [-0.25, -0.2) is 0 Å². The van der Waals surface area contributed by atoms with Crippen LogP contribution in [0.5, 0.6) is 5.75 Å². The summed E-state index contributed by atoms with van der Waals surface area (Å²) in [5.74, 6) is 0.798. The Labute approximate surface area is 264 Å². The summed E-state index contributed by atoms with van der Waals surface area (Å²) in [6, 6.07) is 10.4. The molecule has 45 heavy (non-hydrogen) atoms. The zero-order valence-electron chi connectivity index (χ0n) is 25.9. The highest BCUT2D eigenvalue weighted by Crippen LogP contribution is 2.27. The SMILES string of the molecule is C=Cc1cc(COCC2CO2)ccc1C(C=Cc1c(OCC2CO2)ccc(=CC=CCOCC2CO2)c1=CC)=COCC1CO1. The highest BCUT2D eigenvalue weighted by molar-refractivity contribution is 5.83. The molecule has 0 spiro atoms. The van der Waals surface area contributed by atoms with Gasteiger partial charge in [-0.15, -0.1) is 0 Å². The Balaban J connectivity index is 1.27. The van der Waals surface area contributed by atoms with E-state index in [4.69, 9.17) is 37.9 Å². The maximum absolute atomic E-state index is 6.26. The Morgan fingerprint density at radius 3 is 2.31 bits per heavy atom. The van der Waals surface area contributed by atoms with E-state index in [0.29, 0.717) is 39.6 Å². The van der Waals surface area contributed by atoms with Crippen LogP contribution in [0, 0.1) is 0 Å². The fourth-order valence-corrected chi connectivity index (χ4v) is 4.79. The maximum atomic E-state index is 6.26. The van der Waals surface area contributed by atoms with Crippen molar-refractivity contribution in [2.75, 3.05) is 59.5 Å². The molecular weight excluding hydrogens is 572 g/mol. The van der Waals surface area contributed by atoms with E-state index in [-0.39, 0.29) is 24.4 Å². The fraction of sp³-hybridized carbons (Fsp3) is 0.405. The minimum atomic E-state index is 0.147. The summed E-state index contributed by atoms with van der Waals surface area (Å²) < 4.78 is 44.9. The molecule has 0 amide bonds. The second-order valence-electron chi connectivity index (χ2n) is 11.4. The molecule has 4 unspecified atom stereocenters. The molecule has 4 saturated heterocycles. The Hall–Kier alpha value is -3.50. The predicted octanol–water partition coefficient (Wildman–Crippen LogP) is 4.04. The Kier molecular flexibility index (Phi) is 11.0. The van der Waals surface area contributed by atoms with Gasteiger partial charge >= 0.3 is 0 Å². The highest BCUT2D eigenvalue weighted by atomic mass is 16.6. The monoisotopic (exact) mass is 614 g/mol. The molecule has 8 heteroatoms. The summed E-state index contributed by atoms with van der Waals surface area (Å²) in [6.07, 6.45) is 16.9. The van der Waals surface area contributed by atoms with E-state index in [1.807, 2.05) is 31.2 Å². The van der Waals surface area contributed by atoms with Crippen LogP contribution in [0.2, 0.25) is 0 Å². The largest absolute Gasteiger partial charge is 0.498 e. The van der Waals surface area contributed by atoms with Crippen molar-refractivity contribution in [1.82, 2.24) is 0 Å². The van der Waals surface area contributed by atoms with E-state index in [1.54, 1.807) is 6.26 Å². The molecule has 6 rings (SSSR count). The van der Waals surface area contributed by atoms with Crippen LogP contribution in [-0.4, -0.2) is 83.9 Å². The van der Waals surface area contributed by atoms with E-state index >= 15 is 0 Å². The Morgan fingerprint density at radius 2 is 1.60 bits per heavy atom. The molecule has 2 aromatic carbocycles. The van der Waals surface area contributed by atoms with Crippen LogP contribution in [0.15, 0.2) is 61.4 Å². The fourth-order valence-electron chi connectivity index (χ4n) is 4.79. The highest BCUT2D eigenvalue weighted by Gasteiger charge is 2.25. The van der Waals surface area contributed by atoms with Crippen molar-refractivity contribution in [3.63, 3.8) is 0 Å². The van der Waals surface area contributed by atoms with Crippen molar-refractivity contribution in [1.29, 1.82) is 0 Å². The van der Waals surface area contributed by atoms with Crippen molar-refractivity contribution < 1.29 is 37.9 Å². The summed E-state index contributed by atoms with van der Waals surface area (Å²) in [7, 11) is 0. The van der Waals surface area contributed by atoms with E-state index in [9.17, 15) is 0 Å². The molecule has 4 heterocycles. The predicted molar refractivity (Wildman–Crippen MR) is 174 cm³/mol. The molecule has 4 atom stereocenters. The topological polar surface area (TPSA) is 87.0 Å². The second-order valence-corrected chi connectivity index (χ2v) is 11.4. The first-order valence-corrected chi connectivity index (χ1v) is 15.7. The van der Waals surface area contributed by atoms with E-state index in [1.165, 1.54) is 0 Å². The van der Waals surface area contributed by atoms with E-state index < -0.39 is 0 Å². The van der Waals surface area contributed by atoms with Crippen molar-refractivity contribution in [2.24, 2.45) is 0 Å². The van der Waals surface area contributed by atoms with Gasteiger partial charge in [-0.1, -0.05) is 61.2 Å². The molecule has 0 aromatic heterocycles. The lowest BCUT2D eigenvalue weighted by molar-refractivity contribution is 0.104. The third-order valence-corrected chi connectivity index (χ3v) is 7.67.